The molecular formula is C27H19Br2FN4O2. The van der Waals surface area contributed by atoms with Gasteiger partial charge in [-0.25, -0.2) is 14.1 Å². The lowest BCUT2D eigenvalue weighted by Gasteiger charge is -2.22. The van der Waals surface area contributed by atoms with E-state index in [2.05, 4.69) is 42.1 Å². The van der Waals surface area contributed by atoms with Crippen molar-refractivity contribution in [1.29, 1.82) is 0 Å². The van der Waals surface area contributed by atoms with Gasteiger partial charge in [-0.05, 0) is 53.6 Å². The Hall–Kier alpha value is -3.43. The molecule has 4 aromatic rings. The van der Waals surface area contributed by atoms with Crippen molar-refractivity contribution in [3.63, 3.8) is 0 Å². The first-order valence-corrected chi connectivity index (χ1v) is 12.7. The SMILES string of the molecule is O=C(Cn1nc(-c2ccc(Br)cc2)ccc1=O)N1N=C(c2ccc(Br)cc2)CC1c1ccc(F)cc1. The Kier molecular flexibility index (Phi) is 6.93. The lowest BCUT2D eigenvalue weighted by molar-refractivity contribution is -0.133. The summed E-state index contributed by atoms with van der Waals surface area (Å²) in [6.07, 6.45) is 0.459. The normalized spacial score (nSPS) is 15.1. The molecule has 9 heteroatoms. The summed E-state index contributed by atoms with van der Waals surface area (Å²) >= 11 is 6.84. The molecule has 0 saturated carbocycles. The summed E-state index contributed by atoms with van der Waals surface area (Å²) in [7, 11) is 0. The van der Waals surface area contributed by atoms with Gasteiger partial charge >= 0.3 is 0 Å². The highest BCUT2D eigenvalue weighted by atomic mass is 79.9. The number of carbonyl (C=O) groups excluding carboxylic acids is 1. The maximum Gasteiger partial charge on any atom is 0.267 e. The van der Waals surface area contributed by atoms with Crippen LogP contribution in [0.25, 0.3) is 11.3 Å². The molecule has 1 amide bonds. The summed E-state index contributed by atoms with van der Waals surface area (Å²) in [6, 6.07) is 23.8. The molecule has 0 radical (unpaired) electrons. The van der Waals surface area contributed by atoms with Crippen LogP contribution in [0.2, 0.25) is 0 Å². The number of carbonyl (C=O) groups is 1. The van der Waals surface area contributed by atoms with Crippen LogP contribution >= 0.6 is 31.9 Å². The van der Waals surface area contributed by atoms with Gasteiger partial charge in [-0.1, -0.05) is 68.3 Å². The van der Waals surface area contributed by atoms with Crippen LogP contribution in [0.1, 0.15) is 23.6 Å². The number of halogens is 3. The summed E-state index contributed by atoms with van der Waals surface area (Å²) in [5.74, 6) is -0.747. The molecule has 1 unspecified atom stereocenters. The number of hydrazone groups is 1. The fourth-order valence-electron chi connectivity index (χ4n) is 4.04. The first-order valence-electron chi connectivity index (χ1n) is 11.1. The van der Waals surface area contributed by atoms with Crippen molar-refractivity contribution in [2.24, 2.45) is 5.10 Å². The molecule has 6 nitrogen and oxygen atoms in total. The second kappa shape index (κ2) is 10.3. The largest absolute Gasteiger partial charge is 0.271 e. The van der Waals surface area contributed by atoms with E-state index in [0.29, 0.717) is 12.1 Å². The van der Waals surface area contributed by atoms with Gasteiger partial charge in [0, 0.05) is 27.0 Å². The summed E-state index contributed by atoms with van der Waals surface area (Å²) in [5.41, 5.74) is 3.37. The van der Waals surface area contributed by atoms with E-state index in [1.807, 2.05) is 48.5 Å². The Bertz CT molecular complexity index is 1500. The molecule has 0 aliphatic carbocycles. The van der Waals surface area contributed by atoms with E-state index >= 15 is 0 Å². The molecule has 1 aromatic heterocycles. The zero-order chi connectivity index (χ0) is 25.2. The lowest BCUT2D eigenvalue weighted by atomic mass is 9.98. The minimum Gasteiger partial charge on any atom is -0.271 e. The van der Waals surface area contributed by atoms with E-state index in [4.69, 9.17) is 0 Å². The van der Waals surface area contributed by atoms with Crippen LogP contribution in [-0.4, -0.2) is 26.4 Å². The van der Waals surface area contributed by atoms with Crippen molar-refractivity contribution in [1.82, 2.24) is 14.8 Å². The summed E-state index contributed by atoms with van der Waals surface area (Å²) in [5, 5.41) is 10.4. The number of benzene rings is 3. The van der Waals surface area contributed by atoms with Gasteiger partial charge in [0.15, 0.2) is 0 Å². The highest BCUT2D eigenvalue weighted by molar-refractivity contribution is 9.10. The van der Waals surface area contributed by atoms with Gasteiger partial charge in [0.25, 0.3) is 11.5 Å². The van der Waals surface area contributed by atoms with Crippen LogP contribution < -0.4 is 5.56 Å². The van der Waals surface area contributed by atoms with Crippen LogP contribution in [0.4, 0.5) is 4.39 Å². The number of hydrogen-bond donors (Lipinski definition) is 0. The van der Waals surface area contributed by atoms with Gasteiger partial charge in [0.1, 0.15) is 12.4 Å². The second-order valence-electron chi connectivity index (χ2n) is 8.28. The monoisotopic (exact) mass is 608 g/mol. The number of nitrogens with zero attached hydrogens (tertiary/aromatic N) is 4. The first-order chi connectivity index (χ1) is 17.4. The van der Waals surface area contributed by atoms with Gasteiger partial charge in [-0.3, -0.25) is 9.59 Å². The van der Waals surface area contributed by atoms with E-state index < -0.39 is 6.04 Å². The fourth-order valence-corrected chi connectivity index (χ4v) is 4.57. The molecule has 0 N–H and O–H groups in total. The molecule has 36 heavy (non-hydrogen) atoms. The number of aromatic nitrogens is 2. The van der Waals surface area contributed by atoms with Crippen LogP contribution in [0.5, 0.6) is 0 Å². The Morgan fingerprint density at radius 2 is 1.47 bits per heavy atom. The molecule has 1 atom stereocenters. The smallest absolute Gasteiger partial charge is 0.267 e. The Morgan fingerprint density at radius 1 is 0.861 bits per heavy atom. The number of rotatable bonds is 5. The van der Waals surface area contributed by atoms with Gasteiger partial charge in [0.2, 0.25) is 0 Å². The Morgan fingerprint density at radius 3 is 2.11 bits per heavy atom. The van der Waals surface area contributed by atoms with Gasteiger partial charge in [-0.15, -0.1) is 0 Å². The van der Waals surface area contributed by atoms with Crippen molar-refractivity contribution in [3.8, 4) is 11.3 Å². The van der Waals surface area contributed by atoms with Crippen LogP contribution in [0.15, 0.2) is 104 Å². The minimum absolute atomic E-state index is 0.280. The van der Waals surface area contributed by atoms with E-state index in [9.17, 15) is 14.0 Å². The molecule has 3 aromatic carbocycles. The molecule has 0 fully saturated rings. The molecule has 180 valence electrons. The van der Waals surface area contributed by atoms with Crippen molar-refractivity contribution in [2.45, 2.75) is 19.0 Å². The van der Waals surface area contributed by atoms with E-state index in [1.165, 1.54) is 23.2 Å². The summed E-state index contributed by atoms with van der Waals surface area (Å²) in [6.45, 7) is -0.280. The van der Waals surface area contributed by atoms with E-state index in [-0.39, 0.29) is 23.8 Å². The summed E-state index contributed by atoms with van der Waals surface area (Å²) < 4.78 is 16.6. The zero-order valence-corrected chi connectivity index (χ0v) is 22.0. The van der Waals surface area contributed by atoms with Gasteiger partial charge < -0.3 is 0 Å². The quantitative estimate of drug-likeness (QED) is 0.281. The van der Waals surface area contributed by atoms with Crippen molar-refractivity contribution >= 4 is 43.5 Å². The molecule has 0 spiro atoms. The molecule has 1 aliphatic rings. The third-order valence-electron chi connectivity index (χ3n) is 5.89. The van der Waals surface area contributed by atoms with Crippen molar-refractivity contribution in [3.05, 3.63) is 121 Å². The molecule has 0 bridgehead atoms. The Balaban J connectivity index is 1.46. The molecule has 1 aliphatic heterocycles. The third-order valence-corrected chi connectivity index (χ3v) is 6.95. The van der Waals surface area contributed by atoms with E-state index in [0.717, 1.165) is 36.0 Å². The van der Waals surface area contributed by atoms with Crippen LogP contribution in [0.3, 0.4) is 0 Å². The maximum atomic E-state index is 13.6. The predicted molar refractivity (Wildman–Crippen MR) is 143 cm³/mol. The third kappa shape index (κ3) is 5.22. The highest BCUT2D eigenvalue weighted by Crippen LogP contribution is 2.33. The predicted octanol–water partition coefficient (Wildman–Crippen LogP) is 5.95. The van der Waals surface area contributed by atoms with Crippen LogP contribution in [-0.2, 0) is 11.3 Å². The fraction of sp³-hybridized carbons (Fsp3) is 0.111. The van der Waals surface area contributed by atoms with Gasteiger partial charge in [0.05, 0.1) is 17.4 Å². The first kappa shape index (κ1) is 24.3. The minimum atomic E-state index is -0.429. The zero-order valence-electron chi connectivity index (χ0n) is 18.8. The second-order valence-corrected chi connectivity index (χ2v) is 10.1. The molecule has 5 rings (SSSR count). The molecule has 0 saturated heterocycles. The van der Waals surface area contributed by atoms with Crippen LogP contribution in [0, 0.1) is 5.82 Å². The van der Waals surface area contributed by atoms with Crippen molar-refractivity contribution < 1.29 is 9.18 Å². The average molecular weight is 610 g/mol. The van der Waals surface area contributed by atoms with Gasteiger partial charge in [-0.2, -0.15) is 10.2 Å². The standard InChI is InChI=1S/C27H19Br2FN4O2/c28-20-7-1-17(2-8-20)23-13-14-26(35)33(31-23)16-27(36)34-25(19-5-11-22(30)12-6-19)15-24(32-34)18-3-9-21(29)10-4-18/h1-14,25H,15-16H2. The maximum absolute atomic E-state index is 13.6. The average Bonchev–Trinajstić information content (AvgIpc) is 3.32. The number of hydrogen-bond acceptors (Lipinski definition) is 4. The summed E-state index contributed by atoms with van der Waals surface area (Å²) in [4.78, 5) is 26.0. The topological polar surface area (TPSA) is 67.6 Å². The van der Waals surface area contributed by atoms with Crippen molar-refractivity contribution in [2.75, 3.05) is 0 Å². The highest BCUT2D eigenvalue weighted by Gasteiger charge is 2.33. The Labute approximate surface area is 223 Å². The lowest BCUT2D eigenvalue weighted by Crippen LogP contribution is -2.34. The molecule has 2 heterocycles. The molecular weight excluding hydrogens is 591 g/mol. The number of amides is 1. The van der Waals surface area contributed by atoms with E-state index in [1.54, 1.807) is 18.2 Å².